The first-order valence-electron chi connectivity index (χ1n) is 7.59. The first-order valence-corrected chi connectivity index (χ1v) is 8.38. The lowest BCUT2D eigenvalue weighted by Gasteiger charge is -2.11. The Kier molecular flexibility index (Phi) is 5.11. The van der Waals surface area contributed by atoms with Gasteiger partial charge in [0.15, 0.2) is 5.78 Å². The Hall–Kier alpha value is -2.40. The van der Waals surface area contributed by atoms with Crippen molar-refractivity contribution in [2.75, 3.05) is 0 Å². The molecule has 0 spiro atoms. The molecular weight excluding hydrogens is 368 g/mol. The molecule has 2 aromatic carbocycles. The molecule has 0 amide bonds. The van der Waals surface area contributed by atoms with E-state index in [1.165, 1.54) is 0 Å². The van der Waals surface area contributed by atoms with Crippen LogP contribution in [0.3, 0.4) is 0 Å². The second-order valence-electron chi connectivity index (χ2n) is 5.54. The van der Waals surface area contributed by atoms with Crippen LogP contribution >= 0.6 is 15.9 Å². The van der Waals surface area contributed by atoms with Gasteiger partial charge in [-0.2, -0.15) is 5.10 Å². The number of hydrogen-bond donors (Lipinski definition) is 0. The molecule has 1 aromatic heterocycles. The van der Waals surface area contributed by atoms with Gasteiger partial charge < -0.3 is 4.74 Å². The summed E-state index contributed by atoms with van der Waals surface area (Å²) in [6.45, 7) is 0.426. The minimum atomic E-state index is 0.00682. The van der Waals surface area contributed by atoms with Gasteiger partial charge in [0, 0.05) is 24.1 Å². The van der Waals surface area contributed by atoms with Crippen molar-refractivity contribution in [1.82, 2.24) is 9.78 Å². The molecule has 4 nitrogen and oxygen atoms in total. The molecule has 0 aliphatic carbocycles. The van der Waals surface area contributed by atoms with Gasteiger partial charge in [0.05, 0.1) is 11.8 Å². The molecule has 5 heteroatoms. The van der Waals surface area contributed by atoms with Crippen LogP contribution in [0.1, 0.15) is 21.5 Å². The summed E-state index contributed by atoms with van der Waals surface area (Å²) in [5.74, 6) is 0.600. The monoisotopic (exact) mass is 384 g/mol. The van der Waals surface area contributed by atoms with E-state index >= 15 is 0 Å². The van der Waals surface area contributed by atoms with Crippen LogP contribution in [0.15, 0.2) is 65.4 Å². The van der Waals surface area contributed by atoms with Gasteiger partial charge in [0.1, 0.15) is 12.4 Å². The van der Waals surface area contributed by atoms with Crippen LogP contribution in [0.2, 0.25) is 0 Å². The molecule has 0 saturated heterocycles. The zero-order chi connectivity index (χ0) is 16.9. The lowest BCUT2D eigenvalue weighted by atomic mass is 10.0. The molecule has 24 heavy (non-hydrogen) atoms. The topological polar surface area (TPSA) is 44.1 Å². The van der Waals surface area contributed by atoms with Crippen molar-refractivity contribution in [2.45, 2.75) is 13.0 Å². The lowest BCUT2D eigenvalue weighted by molar-refractivity contribution is 0.0988. The Morgan fingerprint density at radius 3 is 2.67 bits per heavy atom. The van der Waals surface area contributed by atoms with E-state index in [9.17, 15) is 4.79 Å². The summed E-state index contributed by atoms with van der Waals surface area (Å²) in [5.41, 5.74) is 2.52. The highest BCUT2D eigenvalue weighted by atomic mass is 79.9. The van der Waals surface area contributed by atoms with E-state index < -0.39 is 0 Å². The first kappa shape index (κ1) is 16.5. The molecule has 3 aromatic rings. The fraction of sp³-hybridized carbons (Fsp3) is 0.158. The van der Waals surface area contributed by atoms with Crippen LogP contribution in [0.5, 0.6) is 5.75 Å². The van der Waals surface area contributed by atoms with Crippen molar-refractivity contribution in [1.29, 1.82) is 0 Å². The predicted octanol–water partition coefficient (Wildman–Crippen LogP) is 4.19. The Labute approximate surface area is 149 Å². The SMILES string of the molecule is Cn1cc(CC(=O)c2cc(Br)ccc2OCc2ccccc2)cn1. The summed E-state index contributed by atoms with van der Waals surface area (Å²) in [7, 11) is 1.83. The van der Waals surface area contributed by atoms with E-state index in [1.807, 2.05) is 55.7 Å². The maximum absolute atomic E-state index is 12.7. The van der Waals surface area contributed by atoms with Crippen LogP contribution in [-0.2, 0) is 20.1 Å². The minimum Gasteiger partial charge on any atom is -0.488 e. The minimum absolute atomic E-state index is 0.00682. The second kappa shape index (κ2) is 7.45. The molecule has 3 rings (SSSR count). The molecule has 0 aliphatic heterocycles. The van der Waals surface area contributed by atoms with Crippen LogP contribution in [-0.4, -0.2) is 15.6 Å². The Morgan fingerprint density at radius 1 is 1.17 bits per heavy atom. The van der Waals surface area contributed by atoms with Gasteiger partial charge in [-0.15, -0.1) is 0 Å². The average molecular weight is 385 g/mol. The third kappa shape index (κ3) is 4.11. The van der Waals surface area contributed by atoms with E-state index in [2.05, 4.69) is 21.0 Å². The Bertz CT molecular complexity index is 844. The van der Waals surface area contributed by atoms with E-state index in [0.29, 0.717) is 24.3 Å². The molecule has 1 heterocycles. The largest absolute Gasteiger partial charge is 0.488 e. The third-order valence-corrected chi connectivity index (χ3v) is 4.10. The van der Waals surface area contributed by atoms with Gasteiger partial charge in [-0.1, -0.05) is 46.3 Å². The number of halogens is 1. The number of aryl methyl sites for hydroxylation is 1. The number of carbonyl (C=O) groups excluding carboxylic acids is 1. The standard InChI is InChI=1S/C19H17BrN2O2/c1-22-12-15(11-21-22)9-18(23)17-10-16(20)7-8-19(17)24-13-14-5-3-2-4-6-14/h2-8,10-12H,9,13H2,1H3. The molecule has 0 unspecified atom stereocenters. The van der Waals surface area contributed by atoms with E-state index in [4.69, 9.17) is 4.74 Å². The highest BCUT2D eigenvalue weighted by molar-refractivity contribution is 9.10. The third-order valence-electron chi connectivity index (χ3n) is 3.60. The molecule has 0 bridgehead atoms. The van der Waals surface area contributed by atoms with Gasteiger partial charge in [0.2, 0.25) is 0 Å². The number of aromatic nitrogens is 2. The summed E-state index contributed by atoms with van der Waals surface area (Å²) >= 11 is 3.43. The van der Waals surface area contributed by atoms with E-state index in [0.717, 1.165) is 15.6 Å². The van der Waals surface area contributed by atoms with Crippen molar-refractivity contribution < 1.29 is 9.53 Å². The predicted molar refractivity (Wildman–Crippen MR) is 96.2 cm³/mol. The highest BCUT2D eigenvalue weighted by Gasteiger charge is 2.15. The number of ketones is 1. The van der Waals surface area contributed by atoms with Crippen LogP contribution in [0.25, 0.3) is 0 Å². The van der Waals surface area contributed by atoms with Crippen molar-refractivity contribution >= 4 is 21.7 Å². The number of rotatable bonds is 6. The van der Waals surface area contributed by atoms with Crippen molar-refractivity contribution in [3.8, 4) is 5.75 Å². The lowest BCUT2D eigenvalue weighted by Crippen LogP contribution is -2.07. The molecule has 0 aliphatic rings. The summed E-state index contributed by atoms with van der Waals surface area (Å²) < 4.78 is 8.42. The number of benzene rings is 2. The fourth-order valence-electron chi connectivity index (χ4n) is 2.43. The average Bonchev–Trinajstić information content (AvgIpc) is 2.99. The van der Waals surface area contributed by atoms with Gasteiger partial charge in [0.25, 0.3) is 0 Å². The Morgan fingerprint density at radius 2 is 1.96 bits per heavy atom. The van der Waals surface area contributed by atoms with Crippen molar-refractivity contribution in [2.24, 2.45) is 7.05 Å². The summed E-state index contributed by atoms with van der Waals surface area (Å²) in [5, 5.41) is 4.10. The fourth-order valence-corrected chi connectivity index (χ4v) is 2.79. The molecule has 0 saturated carbocycles. The number of nitrogens with zero attached hydrogens (tertiary/aromatic N) is 2. The van der Waals surface area contributed by atoms with Gasteiger partial charge in [-0.3, -0.25) is 9.48 Å². The Balaban J connectivity index is 1.78. The molecule has 0 atom stereocenters. The first-order chi connectivity index (χ1) is 11.6. The zero-order valence-electron chi connectivity index (χ0n) is 13.3. The molecule has 0 N–H and O–H groups in total. The van der Waals surface area contributed by atoms with Gasteiger partial charge in [-0.25, -0.2) is 0 Å². The van der Waals surface area contributed by atoms with E-state index in [-0.39, 0.29) is 5.78 Å². The normalized spacial score (nSPS) is 10.6. The van der Waals surface area contributed by atoms with Crippen molar-refractivity contribution in [3.05, 3.63) is 82.1 Å². The molecule has 0 radical (unpaired) electrons. The maximum Gasteiger partial charge on any atom is 0.171 e. The molecule has 122 valence electrons. The second-order valence-corrected chi connectivity index (χ2v) is 6.45. The van der Waals surface area contributed by atoms with Gasteiger partial charge in [-0.05, 0) is 29.3 Å². The summed E-state index contributed by atoms with van der Waals surface area (Å²) in [4.78, 5) is 12.7. The maximum atomic E-state index is 12.7. The number of ether oxygens (including phenoxy) is 1. The summed E-state index contributed by atoms with van der Waals surface area (Å²) in [6.07, 6.45) is 3.85. The molecular formula is C19H17BrN2O2. The van der Waals surface area contributed by atoms with Crippen molar-refractivity contribution in [3.63, 3.8) is 0 Å². The number of Topliss-reactive ketones (excluding diaryl/α,β-unsaturated/α-hetero) is 1. The quantitative estimate of drug-likeness (QED) is 0.598. The number of hydrogen-bond acceptors (Lipinski definition) is 3. The highest BCUT2D eigenvalue weighted by Crippen LogP contribution is 2.25. The van der Waals surface area contributed by atoms with Crippen LogP contribution in [0.4, 0.5) is 0 Å². The summed E-state index contributed by atoms with van der Waals surface area (Å²) in [6, 6.07) is 15.4. The molecule has 0 fully saturated rings. The van der Waals surface area contributed by atoms with Gasteiger partial charge >= 0.3 is 0 Å². The smallest absolute Gasteiger partial charge is 0.171 e. The van der Waals surface area contributed by atoms with Crippen LogP contribution in [0, 0.1) is 0 Å². The van der Waals surface area contributed by atoms with Crippen LogP contribution < -0.4 is 4.74 Å². The van der Waals surface area contributed by atoms with E-state index in [1.54, 1.807) is 16.9 Å². The zero-order valence-corrected chi connectivity index (χ0v) is 14.9. The number of carbonyl (C=O) groups is 1.